The van der Waals surface area contributed by atoms with Gasteiger partial charge >= 0.3 is 0 Å². The highest BCUT2D eigenvalue weighted by Crippen LogP contribution is 2.36. The molecule has 0 saturated carbocycles. The Morgan fingerprint density at radius 2 is 2.21 bits per heavy atom. The first kappa shape index (κ1) is 17.6. The molecule has 0 amide bonds. The van der Waals surface area contributed by atoms with Crippen molar-refractivity contribution in [3.8, 4) is 0 Å². The third kappa shape index (κ3) is 3.42. The molecule has 0 aliphatic carbocycles. The number of aliphatic hydroxyl groups is 1. The van der Waals surface area contributed by atoms with Crippen molar-refractivity contribution in [3.63, 3.8) is 0 Å². The van der Waals surface area contributed by atoms with Crippen LogP contribution in [0.15, 0.2) is 34.4 Å². The molecular formula is C16H23N3O3S2. The molecule has 6 nitrogen and oxygen atoms in total. The zero-order valence-corrected chi connectivity index (χ0v) is 15.5. The van der Waals surface area contributed by atoms with E-state index in [9.17, 15) is 13.5 Å². The Kier molecular flexibility index (Phi) is 5.10. The van der Waals surface area contributed by atoms with Crippen LogP contribution in [-0.2, 0) is 16.6 Å². The monoisotopic (exact) mass is 369 g/mol. The van der Waals surface area contributed by atoms with E-state index in [4.69, 9.17) is 0 Å². The number of hydrogen-bond acceptors (Lipinski definition) is 5. The van der Waals surface area contributed by atoms with Crippen LogP contribution in [0.5, 0.6) is 0 Å². The summed E-state index contributed by atoms with van der Waals surface area (Å²) in [7, 11) is -3.63. The lowest BCUT2D eigenvalue weighted by atomic mass is 9.92. The fraction of sp³-hybridized carbons (Fsp3) is 0.562. The molecule has 2 atom stereocenters. The summed E-state index contributed by atoms with van der Waals surface area (Å²) in [5, 5.41) is 13.8. The molecule has 2 aromatic heterocycles. The standard InChI is InChI=1S/C16H23N3O3S2/c1-12(2)5-18-8-16(17-11-18)24(21,22)19-6-14(9-20)15(7-19)13-3-4-23-10-13/h3-4,8,10-12,14-15,20H,5-7,9H2,1-2H3. The highest BCUT2D eigenvalue weighted by Gasteiger charge is 2.40. The molecular weight excluding hydrogens is 346 g/mol. The summed E-state index contributed by atoms with van der Waals surface area (Å²) in [6.45, 7) is 5.59. The van der Waals surface area contributed by atoms with Crippen molar-refractivity contribution in [2.45, 2.75) is 31.3 Å². The van der Waals surface area contributed by atoms with Crippen LogP contribution < -0.4 is 0 Å². The number of aliphatic hydroxyl groups excluding tert-OH is 1. The minimum Gasteiger partial charge on any atom is -0.396 e. The fourth-order valence-corrected chi connectivity index (χ4v) is 5.39. The number of imidazole rings is 1. The van der Waals surface area contributed by atoms with Crippen molar-refractivity contribution in [3.05, 3.63) is 34.9 Å². The van der Waals surface area contributed by atoms with Crippen molar-refractivity contribution in [2.75, 3.05) is 19.7 Å². The van der Waals surface area contributed by atoms with E-state index in [0.29, 0.717) is 19.0 Å². The number of rotatable bonds is 6. The predicted molar refractivity (Wildman–Crippen MR) is 93.5 cm³/mol. The molecule has 8 heteroatoms. The van der Waals surface area contributed by atoms with Crippen LogP contribution in [0.3, 0.4) is 0 Å². The number of hydrogen-bond donors (Lipinski definition) is 1. The van der Waals surface area contributed by atoms with Crippen LogP contribution in [0.25, 0.3) is 0 Å². The topological polar surface area (TPSA) is 75.4 Å². The van der Waals surface area contributed by atoms with Crippen LogP contribution in [0.1, 0.15) is 25.3 Å². The second-order valence-corrected chi connectivity index (χ2v) is 9.40. The van der Waals surface area contributed by atoms with Crippen molar-refractivity contribution in [1.82, 2.24) is 13.9 Å². The van der Waals surface area contributed by atoms with Gasteiger partial charge in [-0.3, -0.25) is 0 Å². The summed E-state index contributed by atoms with van der Waals surface area (Å²) in [6.07, 6.45) is 3.17. The molecule has 0 radical (unpaired) electrons. The Hall–Kier alpha value is -1.22. The lowest BCUT2D eigenvalue weighted by molar-refractivity contribution is 0.223. The van der Waals surface area contributed by atoms with Crippen LogP contribution in [0.4, 0.5) is 0 Å². The summed E-state index contributed by atoms with van der Waals surface area (Å²) in [5.41, 5.74) is 1.10. The zero-order valence-electron chi connectivity index (χ0n) is 13.9. The van der Waals surface area contributed by atoms with Crippen LogP contribution >= 0.6 is 11.3 Å². The first-order chi connectivity index (χ1) is 11.4. The normalized spacial score (nSPS) is 22.5. The lowest BCUT2D eigenvalue weighted by Gasteiger charge is -2.14. The van der Waals surface area contributed by atoms with Gasteiger partial charge in [0.15, 0.2) is 5.03 Å². The molecule has 3 rings (SSSR count). The molecule has 0 aromatic carbocycles. The van der Waals surface area contributed by atoms with Crippen molar-refractivity contribution < 1.29 is 13.5 Å². The van der Waals surface area contributed by atoms with E-state index in [2.05, 4.69) is 18.8 Å². The van der Waals surface area contributed by atoms with Gasteiger partial charge in [0.2, 0.25) is 0 Å². The van der Waals surface area contributed by atoms with E-state index in [1.54, 1.807) is 23.9 Å². The van der Waals surface area contributed by atoms with Crippen LogP contribution in [0.2, 0.25) is 0 Å². The largest absolute Gasteiger partial charge is 0.396 e. The molecule has 2 unspecified atom stereocenters. The minimum atomic E-state index is -3.63. The van der Waals surface area contributed by atoms with Gasteiger partial charge in [-0.1, -0.05) is 13.8 Å². The molecule has 1 N–H and O–H groups in total. The van der Waals surface area contributed by atoms with Crippen molar-refractivity contribution in [1.29, 1.82) is 0 Å². The number of aromatic nitrogens is 2. The van der Waals surface area contributed by atoms with Gasteiger partial charge in [-0.2, -0.15) is 15.6 Å². The molecule has 3 heterocycles. The van der Waals surface area contributed by atoms with E-state index >= 15 is 0 Å². The van der Waals surface area contributed by atoms with Gasteiger partial charge in [0.1, 0.15) is 0 Å². The Bertz CT molecular complexity index is 768. The second kappa shape index (κ2) is 6.95. The van der Waals surface area contributed by atoms with Gasteiger partial charge in [0, 0.05) is 44.3 Å². The predicted octanol–water partition coefficient (Wildman–Crippen LogP) is 2.00. The Morgan fingerprint density at radius 3 is 2.83 bits per heavy atom. The SMILES string of the molecule is CC(C)Cn1cnc(S(=O)(=O)N2CC(CO)C(c3ccsc3)C2)c1. The Balaban J connectivity index is 1.81. The molecule has 0 bridgehead atoms. The van der Waals surface area contributed by atoms with Gasteiger partial charge in [-0.15, -0.1) is 0 Å². The minimum absolute atomic E-state index is 0.0195. The first-order valence-electron chi connectivity index (χ1n) is 8.06. The fourth-order valence-electron chi connectivity index (χ4n) is 3.20. The highest BCUT2D eigenvalue weighted by molar-refractivity contribution is 7.89. The maximum atomic E-state index is 12.9. The molecule has 1 aliphatic heterocycles. The number of nitrogens with zero attached hydrogens (tertiary/aromatic N) is 3. The Morgan fingerprint density at radius 1 is 1.42 bits per heavy atom. The first-order valence-corrected chi connectivity index (χ1v) is 10.4. The summed E-state index contributed by atoms with van der Waals surface area (Å²) in [6, 6.07) is 2.01. The molecule has 1 fully saturated rings. The summed E-state index contributed by atoms with van der Waals surface area (Å²) in [4.78, 5) is 4.10. The molecule has 1 aliphatic rings. The van der Waals surface area contributed by atoms with E-state index in [1.807, 2.05) is 21.4 Å². The lowest BCUT2D eigenvalue weighted by Crippen LogP contribution is -2.29. The van der Waals surface area contributed by atoms with Gasteiger partial charge in [-0.25, -0.2) is 13.4 Å². The smallest absolute Gasteiger partial charge is 0.262 e. The molecule has 2 aromatic rings. The van der Waals surface area contributed by atoms with E-state index < -0.39 is 10.0 Å². The third-order valence-electron chi connectivity index (χ3n) is 4.40. The van der Waals surface area contributed by atoms with Gasteiger partial charge in [0.05, 0.1) is 6.33 Å². The highest BCUT2D eigenvalue weighted by atomic mass is 32.2. The van der Waals surface area contributed by atoms with E-state index in [1.165, 1.54) is 4.31 Å². The molecule has 24 heavy (non-hydrogen) atoms. The van der Waals surface area contributed by atoms with E-state index in [-0.39, 0.29) is 23.5 Å². The third-order valence-corrected chi connectivity index (χ3v) is 6.82. The molecule has 1 saturated heterocycles. The van der Waals surface area contributed by atoms with Crippen LogP contribution in [0, 0.1) is 11.8 Å². The average molecular weight is 370 g/mol. The quantitative estimate of drug-likeness (QED) is 0.845. The summed E-state index contributed by atoms with van der Waals surface area (Å²) < 4.78 is 29.0. The summed E-state index contributed by atoms with van der Waals surface area (Å²) >= 11 is 1.59. The van der Waals surface area contributed by atoms with Crippen molar-refractivity contribution in [2.24, 2.45) is 11.8 Å². The maximum absolute atomic E-state index is 12.9. The summed E-state index contributed by atoms with van der Waals surface area (Å²) in [5.74, 6) is 0.379. The molecule has 0 spiro atoms. The Labute approximate surface area is 146 Å². The van der Waals surface area contributed by atoms with Crippen molar-refractivity contribution >= 4 is 21.4 Å². The number of thiophene rings is 1. The second-order valence-electron chi connectivity index (χ2n) is 6.73. The van der Waals surface area contributed by atoms with Gasteiger partial charge < -0.3 is 9.67 Å². The average Bonchev–Trinajstić information content (AvgIpc) is 3.26. The zero-order chi connectivity index (χ0) is 17.3. The van der Waals surface area contributed by atoms with Gasteiger partial charge in [-0.05, 0) is 28.3 Å². The maximum Gasteiger partial charge on any atom is 0.262 e. The number of sulfonamides is 1. The van der Waals surface area contributed by atoms with E-state index in [0.717, 1.165) is 12.1 Å². The van der Waals surface area contributed by atoms with Crippen LogP contribution in [-0.4, -0.2) is 47.1 Å². The van der Waals surface area contributed by atoms with Gasteiger partial charge in [0.25, 0.3) is 10.0 Å². The molecule has 132 valence electrons.